The molecule has 0 aliphatic carbocycles. The average molecular weight is 533 g/mol. The van der Waals surface area contributed by atoms with Crippen molar-refractivity contribution in [2.75, 3.05) is 0 Å². The lowest BCUT2D eigenvalue weighted by Gasteiger charge is -2.21. The van der Waals surface area contributed by atoms with E-state index in [1.165, 1.54) is 76.1 Å². The molecule has 0 radical (unpaired) electrons. The molecule has 0 fully saturated rings. The van der Waals surface area contributed by atoms with Crippen molar-refractivity contribution < 1.29 is 0 Å². The zero-order chi connectivity index (χ0) is 28.2. The lowest BCUT2D eigenvalue weighted by Crippen LogP contribution is -1.96. The highest BCUT2D eigenvalue weighted by molar-refractivity contribution is 6.19. The Kier molecular flexibility index (Phi) is 5.55. The minimum atomic E-state index is 1.11. The van der Waals surface area contributed by atoms with Crippen molar-refractivity contribution >= 4 is 66.0 Å². The third-order valence-corrected chi connectivity index (χ3v) is 8.75. The third kappa shape index (κ3) is 3.62. The normalized spacial score (nSPS) is 11.5. The van der Waals surface area contributed by atoms with Crippen molar-refractivity contribution in [1.82, 2.24) is 0 Å². The number of rotatable bonds is 4. The van der Waals surface area contributed by atoms with Crippen molar-refractivity contribution in [3.8, 4) is 22.3 Å². The van der Waals surface area contributed by atoms with Crippen LogP contribution in [0.1, 0.15) is 11.1 Å². The van der Waals surface area contributed by atoms with E-state index in [2.05, 4.69) is 147 Å². The van der Waals surface area contributed by atoms with E-state index in [9.17, 15) is 0 Å². The molecule has 0 unspecified atom stereocenters. The lowest BCUT2D eigenvalue weighted by atomic mass is 9.82. The van der Waals surface area contributed by atoms with Gasteiger partial charge in [-0.15, -0.1) is 0 Å². The molecular weight excluding hydrogens is 504 g/mol. The molecule has 42 heavy (non-hydrogen) atoms. The zero-order valence-corrected chi connectivity index (χ0v) is 23.3. The molecule has 8 aromatic carbocycles. The predicted molar refractivity (Wildman–Crippen MR) is 185 cm³/mol. The van der Waals surface area contributed by atoms with E-state index >= 15 is 0 Å². The summed E-state index contributed by atoms with van der Waals surface area (Å²) < 4.78 is 0. The summed E-state index contributed by atoms with van der Waals surface area (Å²) in [4.78, 5) is 0. The highest BCUT2D eigenvalue weighted by atomic mass is 14.2. The van der Waals surface area contributed by atoms with Gasteiger partial charge in [0.25, 0.3) is 0 Å². The van der Waals surface area contributed by atoms with Gasteiger partial charge in [-0.05, 0) is 105 Å². The van der Waals surface area contributed by atoms with Crippen LogP contribution in [0.3, 0.4) is 0 Å². The van der Waals surface area contributed by atoms with Crippen molar-refractivity contribution in [3.05, 3.63) is 158 Å². The minimum Gasteiger partial charge on any atom is -0.0984 e. The van der Waals surface area contributed by atoms with Gasteiger partial charge in [0.2, 0.25) is 0 Å². The molecule has 0 saturated heterocycles. The fourth-order valence-electron chi connectivity index (χ4n) is 6.85. The van der Waals surface area contributed by atoms with Crippen LogP contribution in [0, 0.1) is 0 Å². The van der Waals surface area contributed by atoms with Crippen molar-refractivity contribution in [1.29, 1.82) is 0 Å². The van der Waals surface area contributed by atoms with Gasteiger partial charge in [0.15, 0.2) is 0 Å². The molecule has 0 aliphatic rings. The Hall–Kier alpha value is -5.46. The molecule has 8 aromatic rings. The van der Waals surface area contributed by atoms with Gasteiger partial charge in [-0.2, -0.15) is 0 Å². The molecule has 0 aliphatic heterocycles. The van der Waals surface area contributed by atoms with E-state index in [4.69, 9.17) is 0 Å². The van der Waals surface area contributed by atoms with Gasteiger partial charge in [0.1, 0.15) is 0 Å². The summed E-state index contributed by atoms with van der Waals surface area (Å²) >= 11 is 0. The molecule has 0 bridgehead atoms. The lowest BCUT2D eigenvalue weighted by molar-refractivity contribution is 1.61. The molecule has 0 saturated carbocycles. The molecule has 0 N–H and O–H groups in total. The molecule has 0 aromatic heterocycles. The van der Waals surface area contributed by atoms with Crippen LogP contribution < -0.4 is 0 Å². The summed E-state index contributed by atoms with van der Waals surface area (Å²) in [5.74, 6) is 0. The monoisotopic (exact) mass is 532 g/mol. The van der Waals surface area contributed by atoms with Gasteiger partial charge < -0.3 is 0 Å². The molecule has 8 rings (SSSR count). The molecule has 0 atom stereocenters. The van der Waals surface area contributed by atoms with E-state index in [1.807, 2.05) is 12.2 Å². The maximum Gasteiger partial charge on any atom is -0.00203 e. The molecule has 196 valence electrons. The Morgan fingerprint density at radius 2 is 0.929 bits per heavy atom. The van der Waals surface area contributed by atoms with E-state index in [-0.39, 0.29) is 0 Å². The van der Waals surface area contributed by atoms with Crippen LogP contribution >= 0.6 is 0 Å². The van der Waals surface area contributed by atoms with Crippen LogP contribution in [0.2, 0.25) is 0 Å². The second kappa shape index (κ2) is 9.58. The van der Waals surface area contributed by atoms with Gasteiger partial charge in [-0.25, -0.2) is 0 Å². The zero-order valence-electron chi connectivity index (χ0n) is 23.3. The number of benzene rings is 8. The highest BCUT2D eigenvalue weighted by Gasteiger charge is 2.20. The molecule has 0 heterocycles. The Bertz CT molecular complexity index is 2390. The predicted octanol–water partition coefficient (Wildman–Crippen LogP) is 12.1. The first kappa shape index (κ1) is 24.3. The molecule has 0 amide bonds. The molecular formula is C42H28. The van der Waals surface area contributed by atoms with Gasteiger partial charge in [-0.1, -0.05) is 141 Å². The van der Waals surface area contributed by atoms with E-state index in [0.717, 1.165) is 11.1 Å². The van der Waals surface area contributed by atoms with Gasteiger partial charge in [-0.3, -0.25) is 0 Å². The SMILES string of the molecule is C=Cc1c(C=C)c(-c2cccc3c2ccc2cc4ccccc4cc23)c2ccccc2c1-c1ccc2ccccc2c1. The first-order chi connectivity index (χ1) is 20.7. The number of hydrogen-bond donors (Lipinski definition) is 0. The number of hydrogen-bond acceptors (Lipinski definition) is 0. The maximum absolute atomic E-state index is 4.33. The topological polar surface area (TPSA) is 0 Å². The summed E-state index contributed by atoms with van der Waals surface area (Å²) in [6.07, 6.45) is 4.01. The van der Waals surface area contributed by atoms with E-state index < -0.39 is 0 Å². The summed E-state index contributed by atoms with van der Waals surface area (Å²) in [6, 6.07) is 48.6. The van der Waals surface area contributed by atoms with Crippen LogP contribution in [0.15, 0.2) is 147 Å². The van der Waals surface area contributed by atoms with Gasteiger partial charge >= 0.3 is 0 Å². The molecule has 0 spiro atoms. The van der Waals surface area contributed by atoms with E-state index in [0.29, 0.717) is 0 Å². The molecule has 0 nitrogen and oxygen atoms in total. The van der Waals surface area contributed by atoms with Crippen LogP contribution in [0.25, 0.3) is 88.3 Å². The Morgan fingerprint density at radius 1 is 0.357 bits per heavy atom. The highest BCUT2D eigenvalue weighted by Crippen LogP contribution is 2.46. The smallest absolute Gasteiger partial charge is 0.00203 e. The van der Waals surface area contributed by atoms with Crippen LogP contribution in [0.5, 0.6) is 0 Å². The first-order valence-corrected chi connectivity index (χ1v) is 14.4. The Balaban J connectivity index is 1.47. The van der Waals surface area contributed by atoms with Crippen LogP contribution in [-0.2, 0) is 0 Å². The Labute approximate surface area is 245 Å². The van der Waals surface area contributed by atoms with Gasteiger partial charge in [0, 0.05) is 0 Å². The average Bonchev–Trinajstić information content (AvgIpc) is 3.05. The second-order valence-electron chi connectivity index (χ2n) is 11.0. The first-order valence-electron chi connectivity index (χ1n) is 14.4. The van der Waals surface area contributed by atoms with E-state index in [1.54, 1.807) is 0 Å². The van der Waals surface area contributed by atoms with Crippen LogP contribution in [-0.4, -0.2) is 0 Å². The standard InChI is InChI=1S/C42H28/c1-3-33-34(4-2)42(39-17-10-9-16-38(39)41(33)32-21-20-27-12-5-6-13-28(27)25-32)37-19-11-18-35-36(37)23-22-31-24-29-14-7-8-15-30(29)26-40(31)35/h3-26H,1-2H2. The number of fused-ring (bicyclic) bond motifs is 6. The quantitative estimate of drug-likeness (QED) is 0.156. The molecule has 0 heteroatoms. The van der Waals surface area contributed by atoms with Crippen LogP contribution in [0.4, 0.5) is 0 Å². The van der Waals surface area contributed by atoms with Crippen molar-refractivity contribution in [2.45, 2.75) is 0 Å². The summed E-state index contributed by atoms with van der Waals surface area (Å²) in [6.45, 7) is 8.65. The summed E-state index contributed by atoms with van der Waals surface area (Å²) in [7, 11) is 0. The maximum atomic E-state index is 4.33. The Morgan fingerprint density at radius 3 is 1.67 bits per heavy atom. The van der Waals surface area contributed by atoms with Crippen molar-refractivity contribution in [3.63, 3.8) is 0 Å². The minimum absolute atomic E-state index is 1.11. The van der Waals surface area contributed by atoms with Crippen molar-refractivity contribution in [2.24, 2.45) is 0 Å². The largest absolute Gasteiger partial charge is 0.0984 e. The fraction of sp³-hybridized carbons (Fsp3) is 0. The summed E-state index contributed by atoms with van der Waals surface area (Å²) in [5, 5.41) is 12.4. The van der Waals surface area contributed by atoms with Gasteiger partial charge in [0.05, 0.1) is 0 Å². The summed E-state index contributed by atoms with van der Waals surface area (Å²) in [5.41, 5.74) is 7.01. The third-order valence-electron chi connectivity index (χ3n) is 8.75. The second-order valence-corrected chi connectivity index (χ2v) is 11.0. The fourth-order valence-corrected chi connectivity index (χ4v) is 6.85.